The van der Waals surface area contributed by atoms with Crippen molar-refractivity contribution in [3.05, 3.63) is 45.7 Å². The van der Waals surface area contributed by atoms with Crippen molar-refractivity contribution < 1.29 is 0 Å². The maximum atomic E-state index is 4.55. The number of nitrogens with zero attached hydrogens (tertiary/aromatic N) is 2. The van der Waals surface area contributed by atoms with E-state index in [9.17, 15) is 0 Å². The Morgan fingerprint density at radius 1 is 1.26 bits per heavy atom. The number of hydrogen-bond acceptors (Lipinski definition) is 4. The van der Waals surface area contributed by atoms with Gasteiger partial charge in [-0.05, 0) is 50.9 Å². The first-order valence-corrected chi connectivity index (χ1v) is 7.58. The molecule has 2 aromatic rings. The Balaban J connectivity index is 2.18. The van der Waals surface area contributed by atoms with Gasteiger partial charge in [-0.1, -0.05) is 6.92 Å². The Bertz CT molecular complexity index is 507. The fourth-order valence-electron chi connectivity index (χ4n) is 2.20. The van der Waals surface area contributed by atoms with E-state index < -0.39 is 0 Å². The summed E-state index contributed by atoms with van der Waals surface area (Å²) in [5.74, 6) is 0. The first-order chi connectivity index (χ1) is 9.20. The highest BCUT2D eigenvalue weighted by Crippen LogP contribution is 2.27. The zero-order valence-corrected chi connectivity index (χ0v) is 12.6. The Labute approximate surface area is 119 Å². The summed E-state index contributed by atoms with van der Waals surface area (Å²) in [6, 6.07) is 4.53. The zero-order chi connectivity index (χ0) is 13.7. The Hall–Kier alpha value is -1.26. The molecule has 2 aromatic heterocycles. The second kappa shape index (κ2) is 6.78. The van der Waals surface area contributed by atoms with Crippen LogP contribution < -0.4 is 5.32 Å². The standard InChI is InChI=1S/C15H21N3S/c1-4-7-17-14(10-13-5-8-16-9-6-13)15-11(2)18-12(3)19-15/h5-6,8-9,14,17H,4,7,10H2,1-3H3. The fourth-order valence-corrected chi connectivity index (χ4v) is 3.20. The van der Waals surface area contributed by atoms with E-state index in [1.807, 2.05) is 12.4 Å². The molecule has 0 saturated carbocycles. The highest BCUT2D eigenvalue weighted by atomic mass is 32.1. The van der Waals surface area contributed by atoms with Crippen molar-refractivity contribution >= 4 is 11.3 Å². The minimum Gasteiger partial charge on any atom is -0.309 e. The van der Waals surface area contributed by atoms with Crippen molar-refractivity contribution in [1.82, 2.24) is 15.3 Å². The topological polar surface area (TPSA) is 37.8 Å². The van der Waals surface area contributed by atoms with Gasteiger partial charge in [-0.2, -0.15) is 0 Å². The molecular formula is C15H21N3S. The molecule has 1 N–H and O–H groups in total. The molecule has 0 aliphatic rings. The molecule has 0 aliphatic carbocycles. The van der Waals surface area contributed by atoms with Crippen LogP contribution in [0.4, 0.5) is 0 Å². The summed E-state index contributed by atoms with van der Waals surface area (Å²) in [7, 11) is 0. The van der Waals surface area contributed by atoms with Crippen LogP contribution in [0.25, 0.3) is 0 Å². The summed E-state index contributed by atoms with van der Waals surface area (Å²) >= 11 is 1.80. The Morgan fingerprint density at radius 2 is 2.00 bits per heavy atom. The SMILES string of the molecule is CCCNC(Cc1ccncc1)c1sc(C)nc1C. The molecule has 19 heavy (non-hydrogen) atoms. The molecule has 0 fully saturated rings. The molecule has 0 aromatic carbocycles. The van der Waals surface area contributed by atoms with E-state index >= 15 is 0 Å². The van der Waals surface area contributed by atoms with Gasteiger partial charge in [0.25, 0.3) is 0 Å². The van der Waals surface area contributed by atoms with Gasteiger partial charge in [0.2, 0.25) is 0 Å². The molecule has 0 radical (unpaired) electrons. The first kappa shape index (κ1) is 14.2. The van der Waals surface area contributed by atoms with Crippen LogP contribution in [0.2, 0.25) is 0 Å². The minimum atomic E-state index is 0.355. The third-order valence-corrected chi connectivity index (χ3v) is 4.27. The van der Waals surface area contributed by atoms with Crippen LogP contribution in [0.1, 0.15) is 40.5 Å². The van der Waals surface area contributed by atoms with Gasteiger partial charge in [-0.15, -0.1) is 11.3 Å². The van der Waals surface area contributed by atoms with E-state index in [1.54, 1.807) is 11.3 Å². The average molecular weight is 275 g/mol. The molecule has 4 heteroatoms. The van der Waals surface area contributed by atoms with Gasteiger partial charge in [0.15, 0.2) is 0 Å². The van der Waals surface area contributed by atoms with Crippen molar-refractivity contribution in [3.63, 3.8) is 0 Å². The van der Waals surface area contributed by atoms with E-state index in [4.69, 9.17) is 0 Å². The van der Waals surface area contributed by atoms with E-state index in [0.29, 0.717) is 6.04 Å². The summed E-state index contributed by atoms with van der Waals surface area (Å²) < 4.78 is 0. The van der Waals surface area contributed by atoms with Crippen LogP contribution in [0, 0.1) is 13.8 Å². The Kier molecular flexibility index (Phi) is 5.05. The van der Waals surface area contributed by atoms with Gasteiger partial charge >= 0.3 is 0 Å². The van der Waals surface area contributed by atoms with Crippen LogP contribution >= 0.6 is 11.3 Å². The molecule has 1 unspecified atom stereocenters. The van der Waals surface area contributed by atoms with E-state index in [0.717, 1.165) is 30.1 Å². The van der Waals surface area contributed by atoms with Crippen LogP contribution in [-0.2, 0) is 6.42 Å². The molecular weight excluding hydrogens is 254 g/mol. The molecule has 0 saturated heterocycles. The van der Waals surface area contributed by atoms with Crippen molar-refractivity contribution in [1.29, 1.82) is 0 Å². The van der Waals surface area contributed by atoms with Crippen LogP contribution in [-0.4, -0.2) is 16.5 Å². The minimum absolute atomic E-state index is 0.355. The molecule has 3 nitrogen and oxygen atoms in total. The summed E-state index contributed by atoms with van der Waals surface area (Å²) in [6.07, 6.45) is 5.85. The largest absolute Gasteiger partial charge is 0.309 e. The fraction of sp³-hybridized carbons (Fsp3) is 0.467. The molecule has 2 heterocycles. The lowest BCUT2D eigenvalue weighted by atomic mass is 10.0. The number of rotatable bonds is 6. The van der Waals surface area contributed by atoms with Crippen LogP contribution in [0.3, 0.4) is 0 Å². The van der Waals surface area contributed by atoms with E-state index in [-0.39, 0.29) is 0 Å². The van der Waals surface area contributed by atoms with Crippen LogP contribution in [0.15, 0.2) is 24.5 Å². The van der Waals surface area contributed by atoms with E-state index in [2.05, 4.69) is 48.2 Å². The third-order valence-electron chi connectivity index (χ3n) is 3.09. The van der Waals surface area contributed by atoms with Gasteiger partial charge in [0.05, 0.1) is 10.7 Å². The van der Waals surface area contributed by atoms with Gasteiger partial charge in [-0.25, -0.2) is 4.98 Å². The van der Waals surface area contributed by atoms with Gasteiger partial charge in [0, 0.05) is 23.3 Å². The quantitative estimate of drug-likeness (QED) is 0.877. The summed E-state index contributed by atoms with van der Waals surface area (Å²) in [6.45, 7) is 7.41. The summed E-state index contributed by atoms with van der Waals surface area (Å²) in [5.41, 5.74) is 2.47. The molecule has 2 rings (SSSR count). The maximum Gasteiger partial charge on any atom is 0.0900 e. The second-order valence-corrected chi connectivity index (χ2v) is 5.98. The molecule has 102 valence electrons. The van der Waals surface area contributed by atoms with Crippen molar-refractivity contribution in [2.75, 3.05) is 6.54 Å². The highest BCUT2D eigenvalue weighted by molar-refractivity contribution is 7.11. The molecule has 0 aliphatic heterocycles. The summed E-state index contributed by atoms with van der Waals surface area (Å²) in [5, 5.41) is 4.78. The number of nitrogens with one attached hydrogen (secondary N) is 1. The predicted molar refractivity (Wildman–Crippen MR) is 80.6 cm³/mol. The van der Waals surface area contributed by atoms with Crippen molar-refractivity contribution in [3.8, 4) is 0 Å². The lowest BCUT2D eigenvalue weighted by Crippen LogP contribution is -2.24. The van der Waals surface area contributed by atoms with Crippen molar-refractivity contribution in [2.45, 2.75) is 39.7 Å². The van der Waals surface area contributed by atoms with Gasteiger partial charge in [0.1, 0.15) is 0 Å². The normalized spacial score (nSPS) is 12.6. The van der Waals surface area contributed by atoms with Crippen LogP contribution in [0.5, 0.6) is 0 Å². The molecule has 0 amide bonds. The molecule has 0 spiro atoms. The number of hydrogen-bond donors (Lipinski definition) is 1. The number of aryl methyl sites for hydroxylation is 2. The monoisotopic (exact) mass is 275 g/mol. The predicted octanol–water partition coefficient (Wildman–Crippen LogP) is 3.44. The molecule has 1 atom stereocenters. The van der Waals surface area contributed by atoms with Gasteiger partial charge in [-0.3, -0.25) is 4.98 Å². The number of aromatic nitrogens is 2. The smallest absolute Gasteiger partial charge is 0.0900 e. The Morgan fingerprint density at radius 3 is 2.58 bits per heavy atom. The molecule has 0 bridgehead atoms. The van der Waals surface area contributed by atoms with Gasteiger partial charge < -0.3 is 5.32 Å². The van der Waals surface area contributed by atoms with E-state index in [1.165, 1.54) is 10.4 Å². The highest BCUT2D eigenvalue weighted by Gasteiger charge is 2.17. The number of pyridine rings is 1. The average Bonchev–Trinajstić information content (AvgIpc) is 2.75. The maximum absolute atomic E-state index is 4.55. The van der Waals surface area contributed by atoms with Crippen molar-refractivity contribution in [2.24, 2.45) is 0 Å². The zero-order valence-electron chi connectivity index (χ0n) is 11.8. The lowest BCUT2D eigenvalue weighted by molar-refractivity contribution is 0.533. The first-order valence-electron chi connectivity index (χ1n) is 6.77. The second-order valence-electron chi connectivity index (χ2n) is 4.75. The lowest BCUT2D eigenvalue weighted by Gasteiger charge is -2.17. The third kappa shape index (κ3) is 3.85. The summed E-state index contributed by atoms with van der Waals surface area (Å²) in [4.78, 5) is 9.99. The number of thiazole rings is 1.